The average molecular weight is 316 g/mol. The number of benzene rings is 1. The SMILES string of the molecule is CC(C)(C)c1ccc(C=C(CO)B2OC(C)(C)C(C)(C)O2)cc1. The molecule has 23 heavy (non-hydrogen) atoms. The molecule has 1 aromatic rings. The summed E-state index contributed by atoms with van der Waals surface area (Å²) in [6.45, 7) is 14.6. The van der Waals surface area contributed by atoms with Crippen LogP contribution >= 0.6 is 0 Å². The summed E-state index contributed by atoms with van der Waals surface area (Å²) in [7, 11) is -0.507. The van der Waals surface area contributed by atoms with E-state index in [1.807, 2.05) is 33.8 Å². The third kappa shape index (κ3) is 3.88. The van der Waals surface area contributed by atoms with E-state index in [1.165, 1.54) is 5.56 Å². The lowest BCUT2D eigenvalue weighted by Gasteiger charge is -2.32. The molecule has 0 bridgehead atoms. The molecule has 4 heteroatoms. The van der Waals surface area contributed by atoms with Crippen molar-refractivity contribution in [3.8, 4) is 0 Å². The fourth-order valence-corrected chi connectivity index (χ4v) is 2.48. The highest BCUT2D eigenvalue weighted by atomic mass is 16.7. The van der Waals surface area contributed by atoms with Crippen LogP contribution in [0.1, 0.15) is 59.6 Å². The minimum atomic E-state index is -0.507. The molecule has 0 aliphatic carbocycles. The molecule has 1 aromatic carbocycles. The average Bonchev–Trinajstić information content (AvgIpc) is 2.64. The Morgan fingerprint density at radius 3 is 1.91 bits per heavy atom. The molecule has 0 saturated carbocycles. The van der Waals surface area contributed by atoms with E-state index in [9.17, 15) is 5.11 Å². The Bertz CT molecular complexity index is 564. The quantitative estimate of drug-likeness (QED) is 0.857. The van der Waals surface area contributed by atoms with Gasteiger partial charge in [-0.15, -0.1) is 0 Å². The van der Waals surface area contributed by atoms with Crippen LogP contribution in [0.3, 0.4) is 0 Å². The zero-order valence-electron chi connectivity index (χ0n) is 15.4. The Balaban J connectivity index is 2.23. The third-order valence-corrected chi connectivity index (χ3v) is 4.87. The molecule has 0 radical (unpaired) electrons. The fourth-order valence-electron chi connectivity index (χ4n) is 2.48. The molecule has 1 saturated heterocycles. The summed E-state index contributed by atoms with van der Waals surface area (Å²) >= 11 is 0. The van der Waals surface area contributed by atoms with Crippen molar-refractivity contribution in [3.05, 3.63) is 40.9 Å². The molecule has 2 rings (SSSR count). The number of hydrogen-bond donors (Lipinski definition) is 1. The topological polar surface area (TPSA) is 38.7 Å². The van der Waals surface area contributed by atoms with Gasteiger partial charge in [0, 0.05) is 0 Å². The van der Waals surface area contributed by atoms with E-state index in [1.54, 1.807) is 0 Å². The first-order valence-corrected chi connectivity index (χ1v) is 8.24. The van der Waals surface area contributed by atoms with Crippen LogP contribution in [0.2, 0.25) is 0 Å². The maximum atomic E-state index is 9.74. The van der Waals surface area contributed by atoms with E-state index in [0.717, 1.165) is 11.0 Å². The van der Waals surface area contributed by atoms with Gasteiger partial charge in [0.1, 0.15) is 0 Å². The first-order chi connectivity index (χ1) is 10.5. The van der Waals surface area contributed by atoms with Crippen LogP contribution in [-0.2, 0) is 14.7 Å². The Morgan fingerprint density at radius 1 is 1.04 bits per heavy atom. The highest BCUT2D eigenvalue weighted by Gasteiger charge is 2.52. The van der Waals surface area contributed by atoms with Gasteiger partial charge in [0.15, 0.2) is 0 Å². The van der Waals surface area contributed by atoms with E-state index in [4.69, 9.17) is 9.31 Å². The van der Waals surface area contributed by atoms with Gasteiger partial charge in [-0.2, -0.15) is 0 Å². The largest absolute Gasteiger partial charge is 0.492 e. The monoisotopic (exact) mass is 316 g/mol. The molecule has 1 aliphatic rings. The summed E-state index contributed by atoms with van der Waals surface area (Å²) in [6.07, 6.45) is 1.95. The minimum absolute atomic E-state index is 0.0855. The van der Waals surface area contributed by atoms with E-state index in [-0.39, 0.29) is 12.0 Å². The van der Waals surface area contributed by atoms with Gasteiger partial charge < -0.3 is 14.4 Å². The van der Waals surface area contributed by atoms with Crippen molar-refractivity contribution in [2.24, 2.45) is 0 Å². The van der Waals surface area contributed by atoms with Crippen molar-refractivity contribution < 1.29 is 14.4 Å². The lowest BCUT2D eigenvalue weighted by molar-refractivity contribution is 0.00578. The van der Waals surface area contributed by atoms with Crippen LogP contribution in [0.25, 0.3) is 6.08 Å². The standard InChI is InChI=1S/C19H29BO3/c1-17(2,3)15-10-8-14(9-11-15)12-16(13-21)20-22-18(4,5)19(6,7)23-20/h8-12,21H,13H2,1-7H3. The second kappa shape index (κ2) is 6.08. The maximum Gasteiger partial charge on any atom is 0.492 e. The van der Waals surface area contributed by atoms with Crippen molar-refractivity contribution in [1.29, 1.82) is 0 Å². The fraction of sp³-hybridized carbons (Fsp3) is 0.579. The van der Waals surface area contributed by atoms with Crippen LogP contribution in [0.5, 0.6) is 0 Å². The van der Waals surface area contributed by atoms with E-state index >= 15 is 0 Å². The second-order valence-electron chi connectivity index (χ2n) is 8.34. The zero-order valence-corrected chi connectivity index (χ0v) is 15.4. The highest BCUT2D eigenvalue weighted by molar-refractivity contribution is 6.55. The number of aliphatic hydroxyl groups is 1. The summed E-state index contributed by atoms with van der Waals surface area (Å²) in [5.74, 6) is 0. The molecule has 0 amide bonds. The van der Waals surface area contributed by atoms with Gasteiger partial charge in [0.25, 0.3) is 0 Å². The molecule has 0 unspecified atom stereocenters. The Morgan fingerprint density at radius 2 is 1.52 bits per heavy atom. The smallest absolute Gasteiger partial charge is 0.400 e. The Labute approximate surface area is 140 Å². The van der Waals surface area contributed by atoms with E-state index in [0.29, 0.717) is 0 Å². The van der Waals surface area contributed by atoms with Gasteiger partial charge in [-0.05, 0) is 49.7 Å². The van der Waals surface area contributed by atoms with Gasteiger partial charge in [-0.1, -0.05) is 51.1 Å². The van der Waals surface area contributed by atoms with E-state index in [2.05, 4.69) is 45.0 Å². The Kier molecular flexibility index (Phi) is 4.82. The van der Waals surface area contributed by atoms with Crippen LogP contribution < -0.4 is 0 Å². The summed E-state index contributed by atoms with van der Waals surface area (Å²) < 4.78 is 12.0. The first kappa shape index (κ1) is 18.2. The number of aliphatic hydroxyl groups excluding tert-OH is 1. The van der Waals surface area contributed by atoms with Crippen molar-refractivity contribution >= 4 is 13.2 Å². The van der Waals surface area contributed by atoms with Crippen molar-refractivity contribution in [2.75, 3.05) is 6.61 Å². The molecule has 3 nitrogen and oxygen atoms in total. The molecule has 1 N–H and O–H groups in total. The van der Waals surface area contributed by atoms with Crippen molar-refractivity contribution in [2.45, 2.75) is 65.1 Å². The summed E-state index contributed by atoms with van der Waals surface area (Å²) in [6, 6.07) is 8.40. The predicted molar refractivity (Wildman–Crippen MR) is 96.3 cm³/mol. The van der Waals surface area contributed by atoms with Crippen molar-refractivity contribution in [3.63, 3.8) is 0 Å². The molecule has 0 spiro atoms. The highest BCUT2D eigenvalue weighted by Crippen LogP contribution is 2.38. The summed E-state index contributed by atoms with van der Waals surface area (Å²) in [5, 5.41) is 9.74. The molecule has 1 aliphatic heterocycles. The summed E-state index contributed by atoms with van der Waals surface area (Å²) in [5.41, 5.74) is 2.40. The van der Waals surface area contributed by atoms with Crippen LogP contribution in [0.4, 0.5) is 0 Å². The lowest BCUT2D eigenvalue weighted by Crippen LogP contribution is -2.41. The maximum absolute atomic E-state index is 9.74. The molecular formula is C19H29BO3. The van der Waals surface area contributed by atoms with Gasteiger partial charge >= 0.3 is 7.12 Å². The molecule has 1 fully saturated rings. The summed E-state index contributed by atoms with van der Waals surface area (Å²) in [4.78, 5) is 0. The van der Waals surface area contributed by atoms with Crippen LogP contribution in [0, 0.1) is 0 Å². The first-order valence-electron chi connectivity index (χ1n) is 8.24. The zero-order chi connectivity index (χ0) is 17.5. The second-order valence-corrected chi connectivity index (χ2v) is 8.34. The normalized spacial score (nSPS) is 20.9. The minimum Gasteiger partial charge on any atom is -0.400 e. The van der Waals surface area contributed by atoms with Gasteiger partial charge in [0.2, 0.25) is 0 Å². The van der Waals surface area contributed by atoms with Gasteiger partial charge in [-0.3, -0.25) is 0 Å². The van der Waals surface area contributed by atoms with Crippen LogP contribution in [-0.4, -0.2) is 30.0 Å². The number of rotatable bonds is 3. The van der Waals surface area contributed by atoms with Crippen LogP contribution in [0.15, 0.2) is 29.7 Å². The lowest BCUT2D eigenvalue weighted by atomic mass is 9.77. The van der Waals surface area contributed by atoms with Crippen molar-refractivity contribution in [1.82, 2.24) is 0 Å². The molecule has 126 valence electrons. The molecule has 0 atom stereocenters. The van der Waals surface area contributed by atoms with E-state index < -0.39 is 18.3 Å². The molecule has 1 heterocycles. The third-order valence-electron chi connectivity index (χ3n) is 4.87. The molecular weight excluding hydrogens is 287 g/mol. The van der Waals surface area contributed by atoms with Gasteiger partial charge in [-0.25, -0.2) is 0 Å². The predicted octanol–water partition coefficient (Wildman–Crippen LogP) is 3.99. The Hall–Kier alpha value is -1.10. The molecule has 0 aromatic heterocycles. The van der Waals surface area contributed by atoms with Gasteiger partial charge in [0.05, 0.1) is 17.8 Å². The number of hydrogen-bond acceptors (Lipinski definition) is 3.